The Morgan fingerprint density at radius 3 is 3.00 bits per heavy atom. The Morgan fingerprint density at radius 1 is 1.52 bits per heavy atom. The number of hydrazone groups is 1. The average molecular weight is 399 g/mol. The van der Waals surface area contributed by atoms with Gasteiger partial charge in [-0.25, -0.2) is 4.79 Å². The van der Waals surface area contributed by atoms with E-state index in [1.807, 2.05) is 13.0 Å². The Kier molecular flexibility index (Phi) is 9.12. The van der Waals surface area contributed by atoms with E-state index in [-0.39, 0.29) is 18.8 Å². The molecule has 1 unspecified atom stereocenters. The quantitative estimate of drug-likeness (QED) is 0.330. The molecule has 1 aromatic rings. The molecule has 1 saturated heterocycles. The second kappa shape index (κ2) is 11.8. The second-order valence-electron chi connectivity index (χ2n) is 7.00. The van der Waals surface area contributed by atoms with Crippen LogP contribution in [0, 0.1) is 18.8 Å². The Morgan fingerprint density at radius 2 is 2.34 bits per heavy atom. The molecule has 0 radical (unpaired) electrons. The van der Waals surface area contributed by atoms with Crippen molar-refractivity contribution < 1.29 is 14.3 Å². The number of alkyl carbamates (subject to hydrolysis) is 1. The Balaban J connectivity index is 1.93. The van der Waals surface area contributed by atoms with Gasteiger partial charge in [0, 0.05) is 18.4 Å². The van der Waals surface area contributed by atoms with Gasteiger partial charge in [0.2, 0.25) is 0 Å². The van der Waals surface area contributed by atoms with E-state index >= 15 is 0 Å². The van der Waals surface area contributed by atoms with Crippen LogP contribution < -0.4 is 11.2 Å². The first-order valence-corrected chi connectivity index (χ1v) is 9.79. The largest absolute Gasteiger partial charge is 0.447 e. The van der Waals surface area contributed by atoms with Crippen molar-refractivity contribution in [1.29, 1.82) is 0 Å². The van der Waals surface area contributed by atoms with Crippen molar-refractivity contribution in [2.75, 3.05) is 19.7 Å². The van der Waals surface area contributed by atoms with E-state index in [1.165, 1.54) is 6.42 Å². The van der Waals surface area contributed by atoms with Gasteiger partial charge < -0.3 is 20.6 Å². The van der Waals surface area contributed by atoms with Crippen LogP contribution in [0.15, 0.2) is 22.4 Å². The fraction of sp³-hybridized carbons (Fsp3) is 0.524. The highest BCUT2D eigenvalue weighted by Crippen LogP contribution is 2.13. The van der Waals surface area contributed by atoms with Crippen LogP contribution in [0.2, 0.25) is 0 Å². The number of nitrogens with zero attached hydrogens (tertiary/aromatic N) is 3. The molecule has 1 aromatic heterocycles. The SMILES string of the molecule is Cc1cc(C#CCNC(=O)OC(C)C)cnc1/C(C=NCC1CCCCO1)=N/N. The monoisotopic (exact) mass is 399 g/mol. The van der Waals surface area contributed by atoms with Crippen molar-refractivity contribution in [2.45, 2.75) is 52.2 Å². The van der Waals surface area contributed by atoms with Gasteiger partial charge in [0.15, 0.2) is 0 Å². The van der Waals surface area contributed by atoms with Gasteiger partial charge in [0.25, 0.3) is 0 Å². The summed E-state index contributed by atoms with van der Waals surface area (Å²) in [7, 11) is 0. The summed E-state index contributed by atoms with van der Waals surface area (Å²) < 4.78 is 10.6. The highest BCUT2D eigenvalue weighted by molar-refractivity contribution is 6.37. The predicted molar refractivity (Wildman–Crippen MR) is 113 cm³/mol. The number of amides is 1. The number of carbonyl (C=O) groups excluding carboxylic acids is 1. The average Bonchev–Trinajstić information content (AvgIpc) is 2.69. The van der Waals surface area contributed by atoms with E-state index in [4.69, 9.17) is 15.3 Å². The first kappa shape index (κ1) is 22.4. The number of aliphatic imine (C=N–C) groups is 1. The van der Waals surface area contributed by atoms with Gasteiger partial charge >= 0.3 is 6.09 Å². The van der Waals surface area contributed by atoms with Crippen LogP contribution >= 0.6 is 0 Å². The van der Waals surface area contributed by atoms with E-state index in [0.717, 1.165) is 30.6 Å². The fourth-order valence-electron chi connectivity index (χ4n) is 2.79. The molecular weight excluding hydrogens is 370 g/mol. The molecule has 0 spiro atoms. The van der Waals surface area contributed by atoms with Gasteiger partial charge in [-0.1, -0.05) is 11.8 Å². The van der Waals surface area contributed by atoms with Crippen LogP contribution in [0.25, 0.3) is 0 Å². The number of carbonyl (C=O) groups is 1. The highest BCUT2D eigenvalue weighted by atomic mass is 16.6. The van der Waals surface area contributed by atoms with Crippen LogP contribution in [0.4, 0.5) is 4.79 Å². The lowest BCUT2D eigenvalue weighted by molar-refractivity contribution is 0.0226. The summed E-state index contributed by atoms with van der Waals surface area (Å²) in [6.07, 6.45) is 6.12. The van der Waals surface area contributed by atoms with E-state index < -0.39 is 6.09 Å². The number of nitrogens with two attached hydrogens (primary N) is 1. The van der Waals surface area contributed by atoms with Gasteiger partial charge in [0.1, 0.15) is 5.71 Å². The molecule has 2 heterocycles. The minimum Gasteiger partial charge on any atom is -0.447 e. The third kappa shape index (κ3) is 7.92. The lowest BCUT2D eigenvalue weighted by atomic mass is 10.1. The number of ether oxygens (including phenoxy) is 2. The first-order chi connectivity index (χ1) is 14.0. The number of rotatable bonds is 6. The number of hydrogen-bond acceptors (Lipinski definition) is 7. The molecule has 156 valence electrons. The van der Waals surface area contributed by atoms with Crippen molar-refractivity contribution >= 4 is 18.0 Å². The maximum absolute atomic E-state index is 11.4. The van der Waals surface area contributed by atoms with Crippen LogP contribution in [0.3, 0.4) is 0 Å². The zero-order valence-electron chi connectivity index (χ0n) is 17.3. The topological polar surface area (TPSA) is 111 Å². The molecule has 1 aliphatic heterocycles. The highest BCUT2D eigenvalue weighted by Gasteiger charge is 2.13. The number of aromatic nitrogens is 1. The maximum atomic E-state index is 11.4. The minimum atomic E-state index is -0.485. The molecular formula is C21H29N5O3. The lowest BCUT2D eigenvalue weighted by Gasteiger charge is -2.20. The van der Waals surface area contributed by atoms with Crippen LogP contribution in [-0.2, 0) is 9.47 Å². The Hall–Kier alpha value is -2.92. The summed E-state index contributed by atoms with van der Waals surface area (Å²) in [4.78, 5) is 20.2. The van der Waals surface area contributed by atoms with Crippen molar-refractivity contribution in [1.82, 2.24) is 10.3 Å². The summed E-state index contributed by atoms with van der Waals surface area (Å²) in [5.41, 5.74) is 2.78. The van der Waals surface area contributed by atoms with Crippen LogP contribution in [0.5, 0.6) is 0 Å². The molecule has 1 atom stereocenters. The Bertz CT molecular complexity index is 802. The molecule has 8 nitrogen and oxygen atoms in total. The van der Waals surface area contributed by atoms with Gasteiger partial charge in [-0.05, 0) is 51.7 Å². The van der Waals surface area contributed by atoms with Crippen molar-refractivity contribution in [3.8, 4) is 11.8 Å². The van der Waals surface area contributed by atoms with Crippen LogP contribution in [-0.4, -0.2) is 54.9 Å². The van der Waals surface area contributed by atoms with Gasteiger partial charge in [-0.15, -0.1) is 0 Å². The van der Waals surface area contributed by atoms with Crippen molar-refractivity contribution in [3.05, 3.63) is 29.1 Å². The van der Waals surface area contributed by atoms with E-state index in [1.54, 1.807) is 26.3 Å². The third-order valence-corrected chi connectivity index (χ3v) is 4.15. The smallest absolute Gasteiger partial charge is 0.408 e. The molecule has 1 fully saturated rings. The zero-order chi connectivity index (χ0) is 21.1. The van der Waals surface area contributed by atoms with Crippen LogP contribution in [0.1, 0.15) is 49.9 Å². The molecule has 3 N–H and O–H groups in total. The Labute approximate surface area is 172 Å². The standard InChI is InChI=1S/C21H29N5O3/c1-15(2)29-21(27)24-9-6-7-17-11-16(3)20(25-12-17)19(26-22)14-23-13-18-8-4-5-10-28-18/h11-12,14-15,18H,4-5,8-10,13,22H2,1-3H3,(H,24,27)/b23-14?,26-19+. The van der Waals surface area contributed by atoms with Gasteiger partial charge in [-0.2, -0.15) is 5.10 Å². The van der Waals surface area contributed by atoms with E-state index in [0.29, 0.717) is 18.0 Å². The normalized spacial score (nSPS) is 17.1. The predicted octanol–water partition coefficient (Wildman–Crippen LogP) is 2.18. The molecule has 0 aromatic carbocycles. The molecule has 1 aliphatic rings. The maximum Gasteiger partial charge on any atom is 0.408 e. The second-order valence-corrected chi connectivity index (χ2v) is 7.00. The molecule has 0 bridgehead atoms. The molecule has 29 heavy (non-hydrogen) atoms. The molecule has 2 rings (SSSR count). The number of aryl methyl sites for hydroxylation is 1. The molecule has 8 heteroatoms. The summed E-state index contributed by atoms with van der Waals surface area (Å²) in [5, 5.41) is 6.39. The van der Waals surface area contributed by atoms with E-state index in [9.17, 15) is 4.79 Å². The zero-order valence-corrected chi connectivity index (χ0v) is 17.3. The summed E-state index contributed by atoms with van der Waals surface area (Å²) in [6.45, 7) is 7.07. The fourth-order valence-corrected chi connectivity index (χ4v) is 2.79. The van der Waals surface area contributed by atoms with Gasteiger partial charge in [0.05, 0.1) is 37.2 Å². The summed E-state index contributed by atoms with van der Waals surface area (Å²) in [6, 6.07) is 1.89. The van der Waals surface area contributed by atoms with Gasteiger partial charge in [-0.3, -0.25) is 9.98 Å². The minimum absolute atomic E-state index is 0.164. The third-order valence-electron chi connectivity index (χ3n) is 4.15. The number of nitrogens with one attached hydrogen (secondary N) is 1. The lowest BCUT2D eigenvalue weighted by Crippen LogP contribution is -2.26. The number of pyridine rings is 1. The first-order valence-electron chi connectivity index (χ1n) is 9.79. The van der Waals surface area contributed by atoms with Crippen molar-refractivity contribution in [2.24, 2.45) is 15.9 Å². The van der Waals surface area contributed by atoms with E-state index in [2.05, 4.69) is 32.2 Å². The summed E-state index contributed by atoms with van der Waals surface area (Å²) in [5.74, 6) is 11.4. The molecule has 1 amide bonds. The molecule has 0 saturated carbocycles. The molecule has 0 aliphatic carbocycles. The number of hydrogen-bond donors (Lipinski definition) is 2. The van der Waals surface area contributed by atoms with Crippen molar-refractivity contribution in [3.63, 3.8) is 0 Å². The summed E-state index contributed by atoms with van der Waals surface area (Å²) >= 11 is 0.